The lowest BCUT2D eigenvalue weighted by Crippen LogP contribution is -2.37. The summed E-state index contributed by atoms with van der Waals surface area (Å²) in [4.78, 5) is 6.92. The van der Waals surface area contributed by atoms with E-state index in [9.17, 15) is 5.11 Å². The third-order valence-corrected chi connectivity index (χ3v) is 3.89. The second-order valence-corrected chi connectivity index (χ2v) is 5.46. The first-order valence-electron chi connectivity index (χ1n) is 6.11. The van der Waals surface area contributed by atoms with Crippen molar-refractivity contribution >= 4 is 11.3 Å². The number of nitrogens with zero attached hydrogens (tertiary/aromatic N) is 2. The minimum atomic E-state index is -0.137. The van der Waals surface area contributed by atoms with Crippen molar-refractivity contribution in [3.8, 4) is 0 Å². The molecule has 0 spiro atoms. The maximum atomic E-state index is 9.59. The second kappa shape index (κ2) is 5.75. The molecule has 2 rings (SSSR count). The highest BCUT2D eigenvalue weighted by molar-refractivity contribution is 7.09. The Hall–Kier alpha value is -0.450. The smallest absolute Gasteiger partial charge is 0.0928 e. The molecule has 1 aliphatic rings. The summed E-state index contributed by atoms with van der Waals surface area (Å²) in [6.45, 7) is 4.98. The number of aryl methyl sites for hydroxylation is 1. The molecular weight excluding hydrogens is 220 g/mol. The van der Waals surface area contributed by atoms with Crippen molar-refractivity contribution in [2.45, 2.75) is 45.3 Å². The molecule has 2 heterocycles. The number of aliphatic hydroxyl groups is 1. The first-order chi connectivity index (χ1) is 7.78. The van der Waals surface area contributed by atoms with E-state index in [-0.39, 0.29) is 6.10 Å². The van der Waals surface area contributed by atoms with E-state index in [1.807, 2.05) is 0 Å². The normalized spacial score (nSPS) is 22.5. The van der Waals surface area contributed by atoms with Gasteiger partial charge in [-0.3, -0.25) is 4.90 Å². The lowest BCUT2D eigenvalue weighted by atomic mass is 10.1. The Morgan fingerprint density at radius 2 is 2.50 bits per heavy atom. The standard InChI is InChI=1S/C12H20N2OS/c1-2-4-12-13-10(9-16-12)7-14-6-3-5-11(15)8-14/h9,11,15H,2-8H2,1H3. The molecule has 1 aliphatic heterocycles. The van der Waals surface area contributed by atoms with E-state index in [2.05, 4.69) is 22.2 Å². The van der Waals surface area contributed by atoms with Crippen molar-refractivity contribution < 1.29 is 5.11 Å². The summed E-state index contributed by atoms with van der Waals surface area (Å²) < 4.78 is 0. The number of aromatic nitrogens is 1. The minimum absolute atomic E-state index is 0.137. The largest absolute Gasteiger partial charge is 0.392 e. The average molecular weight is 240 g/mol. The molecule has 0 aromatic carbocycles. The highest BCUT2D eigenvalue weighted by Crippen LogP contribution is 2.16. The van der Waals surface area contributed by atoms with Gasteiger partial charge in [-0.15, -0.1) is 11.3 Å². The van der Waals surface area contributed by atoms with Gasteiger partial charge in [0.25, 0.3) is 0 Å². The third-order valence-electron chi connectivity index (χ3n) is 2.93. The van der Waals surface area contributed by atoms with Crippen LogP contribution >= 0.6 is 11.3 Å². The Labute approximate surface area is 101 Å². The van der Waals surface area contributed by atoms with Crippen LogP contribution in [-0.4, -0.2) is 34.2 Å². The van der Waals surface area contributed by atoms with Gasteiger partial charge < -0.3 is 5.11 Å². The lowest BCUT2D eigenvalue weighted by molar-refractivity contribution is 0.0663. The van der Waals surface area contributed by atoms with Crippen LogP contribution in [0.4, 0.5) is 0 Å². The van der Waals surface area contributed by atoms with Crippen molar-refractivity contribution in [2.24, 2.45) is 0 Å². The van der Waals surface area contributed by atoms with Crippen LogP contribution in [-0.2, 0) is 13.0 Å². The maximum absolute atomic E-state index is 9.59. The summed E-state index contributed by atoms with van der Waals surface area (Å²) in [6.07, 6.45) is 4.17. The fraction of sp³-hybridized carbons (Fsp3) is 0.750. The van der Waals surface area contributed by atoms with Gasteiger partial charge in [0.1, 0.15) is 0 Å². The molecule has 0 amide bonds. The molecule has 1 aromatic rings. The van der Waals surface area contributed by atoms with E-state index in [4.69, 9.17) is 0 Å². The lowest BCUT2D eigenvalue weighted by Gasteiger charge is -2.29. The fourth-order valence-electron chi connectivity index (χ4n) is 2.15. The highest BCUT2D eigenvalue weighted by Gasteiger charge is 2.18. The van der Waals surface area contributed by atoms with Crippen molar-refractivity contribution in [3.63, 3.8) is 0 Å². The number of thiazole rings is 1. The zero-order chi connectivity index (χ0) is 11.4. The van der Waals surface area contributed by atoms with Crippen molar-refractivity contribution in [3.05, 3.63) is 16.1 Å². The van der Waals surface area contributed by atoms with Gasteiger partial charge in [0.05, 0.1) is 16.8 Å². The molecular formula is C12H20N2OS. The van der Waals surface area contributed by atoms with Gasteiger partial charge in [0.15, 0.2) is 0 Å². The van der Waals surface area contributed by atoms with Gasteiger partial charge in [-0.2, -0.15) is 0 Å². The molecule has 1 fully saturated rings. The molecule has 0 aliphatic carbocycles. The molecule has 1 unspecified atom stereocenters. The molecule has 1 aromatic heterocycles. The quantitative estimate of drug-likeness (QED) is 0.875. The average Bonchev–Trinajstić information content (AvgIpc) is 2.66. The minimum Gasteiger partial charge on any atom is -0.392 e. The molecule has 1 N–H and O–H groups in total. The molecule has 4 heteroatoms. The van der Waals surface area contributed by atoms with Crippen LogP contribution in [0.3, 0.4) is 0 Å². The van der Waals surface area contributed by atoms with Crippen LogP contribution < -0.4 is 0 Å². The third kappa shape index (κ3) is 3.27. The van der Waals surface area contributed by atoms with E-state index in [1.165, 1.54) is 10.7 Å². The molecule has 1 saturated heterocycles. The van der Waals surface area contributed by atoms with E-state index >= 15 is 0 Å². The summed E-state index contributed by atoms with van der Waals surface area (Å²) >= 11 is 1.76. The van der Waals surface area contributed by atoms with E-state index in [1.54, 1.807) is 11.3 Å². The van der Waals surface area contributed by atoms with Crippen LogP contribution in [0.25, 0.3) is 0 Å². The van der Waals surface area contributed by atoms with Crippen LogP contribution in [0.5, 0.6) is 0 Å². The highest BCUT2D eigenvalue weighted by atomic mass is 32.1. The topological polar surface area (TPSA) is 36.4 Å². The van der Waals surface area contributed by atoms with Crippen molar-refractivity contribution in [2.75, 3.05) is 13.1 Å². The second-order valence-electron chi connectivity index (χ2n) is 4.51. The van der Waals surface area contributed by atoms with Gasteiger partial charge in [-0.1, -0.05) is 6.92 Å². The van der Waals surface area contributed by atoms with E-state index in [0.717, 1.165) is 45.3 Å². The number of aliphatic hydroxyl groups excluding tert-OH is 1. The van der Waals surface area contributed by atoms with Gasteiger partial charge in [0, 0.05) is 18.5 Å². The summed E-state index contributed by atoms with van der Waals surface area (Å²) in [5, 5.41) is 13.0. The summed E-state index contributed by atoms with van der Waals surface area (Å²) in [6, 6.07) is 0. The predicted octanol–water partition coefficient (Wildman–Crippen LogP) is 2.05. The Balaban J connectivity index is 1.87. The maximum Gasteiger partial charge on any atom is 0.0928 e. The SMILES string of the molecule is CCCc1nc(CN2CCCC(O)C2)cs1. The Morgan fingerprint density at radius 3 is 3.25 bits per heavy atom. The number of hydrogen-bond acceptors (Lipinski definition) is 4. The first-order valence-corrected chi connectivity index (χ1v) is 6.99. The molecule has 0 saturated carbocycles. The van der Waals surface area contributed by atoms with Crippen LogP contribution in [0, 0.1) is 0 Å². The number of hydrogen-bond donors (Lipinski definition) is 1. The molecule has 3 nitrogen and oxygen atoms in total. The molecule has 90 valence electrons. The molecule has 1 atom stereocenters. The summed E-state index contributed by atoms with van der Waals surface area (Å²) in [7, 11) is 0. The van der Waals surface area contributed by atoms with Gasteiger partial charge in [-0.05, 0) is 32.2 Å². The van der Waals surface area contributed by atoms with Crippen molar-refractivity contribution in [1.82, 2.24) is 9.88 Å². The van der Waals surface area contributed by atoms with E-state index in [0.29, 0.717) is 0 Å². The van der Waals surface area contributed by atoms with Gasteiger partial charge in [0.2, 0.25) is 0 Å². The predicted molar refractivity (Wildman–Crippen MR) is 66.6 cm³/mol. The zero-order valence-corrected chi connectivity index (χ0v) is 10.7. The number of likely N-dealkylation sites (tertiary alicyclic amines) is 1. The van der Waals surface area contributed by atoms with Gasteiger partial charge >= 0.3 is 0 Å². The first kappa shape index (κ1) is 12.0. The van der Waals surface area contributed by atoms with Crippen molar-refractivity contribution in [1.29, 1.82) is 0 Å². The number of piperidine rings is 1. The van der Waals surface area contributed by atoms with Crippen LogP contribution in [0.2, 0.25) is 0 Å². The summed E-state index contributed by atoms with van der Waals surface area (Å²) in [5.41, 5.74) is 1.17. The molecule has 0 bridgehead atoms. The Morgan fingerprint density at radius 1 is 1.62 bits per heavy atom. The van der Waals surface area contributed by atoms with Gasteiger partial charge in [-0.25, -0.2) is 4.98 Å². The zero-order valence-electron chi connectivity index (χ0n) is 9.85. The fourth-order valence-corrected chi connectivity index (χ4v) is 3.05. The molecule has 0 radical (unpaired) electrons. The van der Waals surface area contributed by atoms with Crippen LogP contribution in [0.1, 0.15) is 36.9 Å². The van der Waals surface area contributed by atoms with E-state index < -0.39 is 0 Å². The van der Waals surface area contributed by atoms with Crippen LogP contribution in [0.15, 0.2) is 5.38 Å². The monoisotopic (exact) mass is 240 g/mol. The Bertz CT molecular complexity index is 327. The number of rotatable bonds is 4. The Kier molecular flexibility index (Phi) is 4.32. The number of β-amino-alcohol motifs (C(OH)–C–C–N with tert-alkyl or cyclic N) is 1. The molecule has 16 heavy (non-hydrogen) atoms. The summed E-state index contributed by atoms with van der Waals surface area (Å²) in [5.74, 6) is 0.